The number of benzene rings is 2. The Balaban J connectivity index is 1.51. The molecule has 1 amide bonds. The number of aromatic nitrogens is 2. The van der Waals surface area contributed by atoms with Gasteiger partial charge in [0.05, 0.1) is 22.0 Å². The van der Waals surface area contributed by atoms with Crippen molar-refractivity contribution in [1.29, 1.82) is 0 Å². The Morgan fingerprint density at radius 2 is 1.87 bits per heavy atom. The lowest BCUT2D eigenvalue weighted by Crippen LogP contribution is -2.38. The second-order valence-corrected chi connectivity index (χ2v) is 10.2. The molecule has 1 saturated carbocycles. The molecule has 1 unspecified atom stereocenters. The molecular weight excluding hydrogens is 412 g/mol. The average Bonchev–Trinajstić information content (AvgIpc) is 3.24. The molecule has 1 aliphatic carbocycles. The van der Waals surface area contributed by atoms with E-state index < -0.39 is 10.0 Å². The average molecular weight is 441 g/mol. The highest BCUT2D eigenvalue weighted by Gasteiger charge is 2.29. The first-order valence-electron chi connectivity index (χ1n) is 10.7. The van der Waals surface area contributed by atoms with E-state index in [9.17, 15) is 13.2 Å². The van der Waals surface area contributed by atoms with Gasteiger partial charge in [0.25, 0.3) is 5.91 Å². The fourth-order valence-electron chi connectivity index (χ4n) is 4.13. The molecule has 1 aromatic heterocycles. The smallest absolute Gasteiger partial charge is 0.251 e. The number of H-pyrrole nitrogens is 1. The number of para-hydroxylation sites is 2. The number of aromatic amines is 1. The van der Waals surface area contributed by atoms with Crippen molar-refractivity contribution < 1.29 is 13.2 Å². The summed E-state index contributed by atoms with van der Waals surface area (Å²) in [6, 6.07) is 13.6. The van der Waals surface area contributed by atoms with E-state index in [0.29, 0.717) is 11.4 Å². The molecule has 0 aliphatic heterocycles. The summed E-state index contributed by atoms with van der Waals surface area (Å²) in [5.74, 6) is 0.306. The zero-order chi connectivity index (χ0) is 22.0. The summed E-state index contributed by atoms with van der Waals surface area (Å²) in [5, 5.41) is 2.90. The molecule has 0 bridgehead atoms. The second kappa shape index (κ2) is 8.80. The number of fused-ring (bicyclic) bond motifs is 1. The first kappa shape index (κ1) is 21.5. The minimum absolute atomic E-state index is 0.0179. The third-order valence-electron chi connectivity index (χ3n) is 6.03. The number of rotatable bonds is 6. The summed E-state index contributed by atoms with van der Waals surface area (Å²) in [6.45, 7) is 1.84. The summed E-state index contributed by atoms with van der Waals surface area (Å²) in [5.41, 5.74) is 2.04. The molecule has 4 rings (SSSR count). The number of amides is 1. The van der Waals surface area contributed by atoms with Crippen LogP contribution in [-0.4, -0.2) is 41.7 Å². The Morgan fingerprint density at radius 3 is 2.61 bits per heavy atom. The number of nitrogens with zero attached hydrogens (tertiary/aromatic N) is 2. The van der Waals surface area contributed by atoms with E-state index in [1.54, 1.807) is 25.2 Å². The zero-order valence-electron chi connectivity index (χ0n) is 17.8. The molecule has 1 aliphatic rings. The maximum Gasteiger partial charge on any atom is 0.251 e. The van der Waals surface area contributed by atoms with Crippen LogP contribution in [0.3, 0.4) is 0 Å². The van der Waals surface area contributed by atoms with E-state index in [4.69, 9.17) is 0 Å². The summed E-state index contributed by atoms with van der Waals surface area (Å²) in [7, 11) is -2.02. The van der Waals surface area contributed by atoms with Crippen LogP contribution in [0.1, 0.15) is 61.3 Å². The lowest BCUT2D eigenvalue weighted by Gasteiger charge is -2.30. The van der Waals surface area contributed by atoms with E-state index in [1.165, 1.54) is 10.4 Å². The van der Waals surface area contributed by atoms with Gasteiger partial charge in [-0.2, -0.15) is 4.31 Å². The van der Waals surface area contributed by atoms with Gasteiger partial charge in [-0.1, -0.05) is 37.5 Å². The third-order valence-corrected chi connectivity index (χ3v) is 7.93. The highest BCUT2D eigenvalue weighted by atomic mass is 32.2. The van der Waals surface area contributed by atoms with E-state index in [0.717, 1.165) is 43.1 Å². The molecule has 7 nitrogen and oxygen atoms in total. The van der Waals surface area contributed by atoms with E-state index in [-0.39, 0.29) is 22.9 Å². The Morgan fingerprint density at radius 1 is 1.13 bits per heavy atom. The number of hydrogen-bond donors (Lipinski definition) is 2. The number of carbonyl (C=O) groups is 1. The predicted octanol–water partition coefficient (Wildman–Crippen LogP) is 4.01. The predicted molar refractivity (Wildman–Crippen MR) is 120 cm³/mol. The molecule has 0 spiro atoms. The molecule has 164 valence electrons. The quantitative estimate of drug-likeness (QED) is 0.605. The van der Waals surface area contributed by atoms with Crippen LogP contribution in [0.4, 0.5) is 0 Å². The molecule has 31 heavy (non-hydrogen) atoms. The van der Waals surface area contributed by atoms with Crippen LogP contribution in [0.25, 0.3) is 11.0 Å². The maximum atomic E-state index is 13.1. The summed E-state index contributed by atoms with van der Waals surface area (Å²) in [4.78, 5) is 20.7. The van der Waals surface area contributed by atoms with Crippen molar-refractivity contribution in [2.45, 2.75) is 56.0 Å². The van der Waals surface area contributed by atoms with Crippen LogP contribution in [-0.2, 0) is 10.0 Å². The minimum Gasteiger partial charge on any atom is -0.342 e. The van der Waals surface area contributed by atoms with Crippen molar-refractivity contribution in [2.75, 3.05) is 7.05 Å². The van der Waals surface area contributed by atoms with Gasteiger partial charge < -0.3 is 10.3 Å². The molecule has 0 radical (unpaired) electrons. The fourth-order valence-corrected chi connectivity index (χ4v) is 5.59. The molecule has 2 aromatic carbocycles. The Labute approximate surface area is 182 Å². The Bertz CT molecular complexity index is 1150. The maximum absolute atomic E-state index is 13.1. The van der Waals surface area contributed by atoms with Gasteiger partial charge in [-0.15, -0.1) is 0 Å². The Kier molecular flexibility index (Phi) is 6.11. The normalized spacial score (nSPS) is 16.5. The van der Waals surface area contributed by atoms with Crippen molar-refractivity contribution in [3.63, 3.8) is 0 Å². The van der Waals surface area contributed by atoms with Gasteiger partial charge >= 0.3 is 0 Å². The summed E-state index contributed by atoms with van der Waals surface area (Å²) >= 11 is 0. The van der Waals surface area contributed by atoms with E-state index in [1.807, 2.05) is 31.2 Å². The standard InChI is InChI=1S/C23H28N4O3S/c1-16(22-25-20-13-6-7-14-21(20)26-22)24-23(28)17-9-8-12-19(15-17)31(29,30)27(2)18-10-4-3-5-11-18/h6-9,12-16,18H,3-5,10-11H2,1-2H3,(H,24,28)(H,25,26). The van der Waals surface area contributed by atoms with Crippen LogP contribution >= 0.6 is 0 Å². The van der Waals surface area contributed by atoms with Crippen LogP contribution in [0.2, 0.25) is 0 Å². The molecule has 1 fully saturated rings. The topological polar surface area (TPSA) is 95.2 Å². The van der Waals surface area contributed by atoms with Gasteiger partial charge in [-0.05, 0) is 50.1 Å². The van der Waals surface area contributed by atoms with E-state index >= 15 is 0 Å². The van der Waals surface area contributed by atoms with Gasteiger partial charge in [0.15, 0.2) is 0 Å². The van der Waals surface area contributed by atoms with Gasteiger partial charge in [-0.3, -0.25) is 4.79 Å². The SMILES string of the molecule is CC(NC(=O)c1cccc(S(=O)(=O)N(C)C2CCCCC2)c1)c1nc2ccccc2[nH]1. The zero-order valence-corrected chi connectivity index (χ0v) is 18.7. The minimum atomic E-state index is -3.66. The van der Waals surface area contributed by atoms with Crippen LogP contribution < -0.4 is 5.32 Å². The fraction of sp³-hybridized carbons (Fsp3) is 0.391. The van der Waals surface area contributed by atoms with Crippen LogP contribution in [0, 0.1) is 0 Å². The van der Waals surface area contributed by atoms with Gasteiger partial charge in [0.1, 0.15) is 5.82 Å². The van der Waals surface area contributed by atoms with Gasteiger partial charge in [-0.25, -0.2) is 13.4 Å². The molecule has 8 heteroatoms. The first-order valence-corrected chi connectivity index (χ1v) is 12.1. The molecule has 1 heterocycles. The number of sulfonamides is 1. The molecule has 3 aromatic rings. The largest absolute Gasteiger partial charge is 0.342 e. The van der Waals surface area contributed by atoms with Crippen molar-refractivity contribution in [3.05, 3.63) is 59.9 Å². The number of hydrogen-bond acceptors (Lipinski definition) is 4. The summed E-state index contributed by atoms with van der Waals surface area (Å²) < 4.78 is 27.7. The molecular formula is C23H28N4O3S. The van der Waals surface area contributed by atoms with Gasteiger partial charge in [0, 0.05) is 18.7 Å². The van der Waals surface area contributed by atoms with E-state index in [2.05, 4.69) is 15.3 Å². The number of carbonyl (C=O) groups excluding carboxylic acids is 1. The Hall–Kier alpha value is -2.71. The highest BCUT2D eigenvalue weighted by Crippen LogP contribution is 2.27. The lowest BCUT2D eigenvalue weighted by atomic mass is 9.96. The summed E-state index contributed by atoms with van der Waals surface area (Å²) in [6.07, 6.45) is 5.01. The molecule has 1 atom stereocenters. The molecule has 2 N–H and O–H groups in total. The van der Waals surface area contributed by atoms with Crippen molar-refractivity contribution in [2.24, 2.45) is 0 Å². The van der Waals surface area contributed by atoms with Crippen molar-refractivity contribution in [3.8, 4) is 0 Å². The van der Waals surface area contributed by atoms with Gasteiger partial charge in [0.2, 0.25) is 10.0 Å². The highest BCUT2D eigenvalue weighted by molar-refractivity contribution is 7.89. The lowest BCUT2D eigenvalue weighted by molar-refractivity contribution is 0.0938. The number of nitrogens with one attached hydrogen (secondary N) is 2. The third kappa shape index (κ3) is 4.50. The van der Waals surface area contributed by atoms with Crippen molar-refractivity contribution >= 4 is 27.0 Å². The monoisotopic (exact) mass is 440 g/mol. The van der Waals surface area contributed by atoms with Crippen molar-refractivity contribution in [1.82, 2.24) is 19.6 Å². The van der Waals surface area contributed by atoms with Crippen LogP contribution in [0.5, 0.6) is 0 Å². The second-order valence-electron chi connectivity index (χ2n) is 8.18. The van der Waals surface area contributed by atoms with Crippen LogP contribution in [0.15, 0.2) is 53.4 Å². The number of imidazole rings is 1. The first-order chi connectivity index (χ1) is 14.9. The molecule has 0 saturated heterocycles.